The molecule has 0 saturated carbocycles. The Labute approximate surface area is 244 Å². The molecule has 5 rings (SSSR count). The molecule has 0 aliphatic carbocycles. The summed E-state index contributed by atoms with van der Waals surface area (Å²) >= 11 is 0. The van der Waals surface area contributed by atoms with Crippen LogP contribution in [0.2, 0.25) is 0 Å². The van der Waals surface area contributed by atoms with Crippen molar-refractivity contribution in [3.8, 4) is 46.3 Å². The zero-order chi connectivity index (χ0) is 29.6. The lowest BCUT2D eigenvalue weighted by atomic mass is 9.96. The number of terminal acetylenes is 1. The zero-order valence-corrected chi connectivity index (χ0v) is 23.9. The van der Waals surface area contributed by atoms with Crippen molar-refractivity contribution in [1.29, 1.82) is 0 Å². The van der Waals surface area contributed by atoms with Crippen molar-refractivity contribution in [3.63, 3.8) is 0 Å². The van der Waals surface area contributed by atoms with E-state index >= 15 is 0 Å². The third kappa shape index (κ3) is 6.11. The first kappa shape index (κ1) is 28.4. The molecular formula is C34H32N4O4. The molecule has 0 saturated heterocycles. The van der Waals surface area contributed by atoms with Crippen molar-refractivity contribution in [2.75, 3.05) is 0 Å². The van der Waals surface area contributed by atoms with E-state index in [1.54, 1.807) is 4.57 Å². The minimum Gasteiger partial charge on any atom is -0.490 e. The molecule has 0 aliphatic heterocycles. The number of hydrogen-bond donors (Lipinski definition) is 1. The molecule has 0 radical (unpaired) electrons. The third-order valence-corrected chi connectivity index (χ3v) is 7.02. The number of aromatic amines is 1. The highest BCUT2D eigenvalue weighted by Gasteiger charge is 2.17. The highest BCUT2D eigenvalue weighted by molar-refractivity contribution is 5.80. The molecule has 42 heavy (non-hydrogen) atoms. The Morgan fingerprint density at radius 3 is 2.38 bits per heavy atom. The van der Waals surface area contributed by atoms with Gasteiger partial charge in [0.1, 0.15) is 17.7 Å². The second kappa shape index (κ2) is 12.6. The van der Waals surface area contributed by atoms with E-state index in [9.17, 15) is 9.59 Å². The maximum Gasteiger partial charge on any atom is 0.439 e. The normalized spacial score (nSPS) is 11.7. The smallest absolute Gasteiger partial charge is 0.439 e. The third-order valence-electron chi connectivity index (χ3n) is 7.02. The van der Waals surface area contributed by atoms with Crippen LogP contribution < -0.4 is 16.1 Å². The van der Waals surface area contributed by atoms with Gasteiger partial charge in [-0.1, -0.05) is 67.0 Å². The predicted molar refractivity (Wildman–Crippen MR) is 163 cm³/mol. The van der Waals surface area contributed by atoms with Gasteiger partial charge in [-0.05, 0) is 61.2 Å². The first-order valence-electron chi connectivity index (χ1n) is 13.9. The molecule has 0 bridgehead atoms. The van der Waals surface area contributed by atoms with Gasteiger partial charge >= 0.3 is 5.76 Å². The molecule has 8 nitrogen and oxygen atoms in total. The van der Waals surface area contributed by atoms with Gasteiger partial charge in [-0.25, -0.2) is 9.78 Å². The van der Waals surface area contributed by atoms with Gasteiger partial charge in [-0.2, -0.15) is 0 Å². The van der Waals surface area contributed by atoms with Crippen molar-refractivity contribution in [2.45, 2.75) is 52.6 Å². The van der Waals surface area contributed by atoms with Crippen LogP contribution in [0.3, 0.4) is 0 Å². The standard InChI is InChI=1S/C34H32N4O4/c1-5-9-22(3)41-27-19-17-26(18-20-27)38-23(4)35-31(10-6-2)30(33(38)39)21-24-13-15-25(16-14-24)28-11-7-8-12-29(28)32-36-34(40)42-37-32/h1,7-8,11-20,22H,6,9-10,21H2,2-4H3,(H,36,37,40). The average molecular weight is 561 g/mol. The van der Waals surface area contributed by atoms with Gasteiger partial charge in [0.2, 0.25) is 0 Å². The molecule has 2 heterocycles. The van der Waals surface area contributed by atoms with Gasteiger partial charge in [-0.3, -0.25) is 18.9 Å². The lowest BCUT2D eigenvalue weighted by Gasteiger charge is -2.17. The van der Waals surface area contributed by atoms with E-state index in [0.29, 0.717) is 42.2 Å². The molecule has 5 aromatic rings. The quantitative estimate of drug-likeness (QED) is 0.214. The summed E-state index contributed by atoms with van der Waals surface area (Å²) in [6, 6.07) is 23.1. The molecule has 1 atom stereocenters. The summed E-state index contributed by atoms with van der Waals surface area (Å²) in [5, 5.41) is 3.85. The maximum atomic E-state index is 14.0. The minimum absolute atomic E-state index is 0.0790. The van der Waals surface area contributed by atoms with Crippen molar-refractivity contribution in [1.82, 2.24) is 19.7 Å². The second-order valence-corrected chi connectivity index (χ2v) is 10.2. The lowest BCUT2D eigenvalue weighted by molar-refractivity contribution is 0.227. The van der Waals surface area contributed by atoms with Crippen LogP contribution in [-0.4, -0.2) is 25.8 Å². The monoisotopic (exact) mass is 560 g/mol. The predicted octanol–water partition coefficient (Wildman–Crippen LogP) is 5.89. The molecule has 0 fully saturated rings. The summed E-state index contributed by atoms with van der Waals surface area (Å²) in [5.74, 6) is 3.71. The van der Waals surface area contributed by atoms with E-state index in [1.807, 2.05) is 86.6 Å². The van der Waals surface area contributed by atoms with E-state index in [2.05, 4.69) is 23.0 Å². The number of rotatable bonds is 10. The van der Waals surface area contributed by atoms with E-state index in [1.165, 1.54) is 0 Å². The molecule has 0 aliphatic rings. The molecule has 3 aromatic carbocycles. The van der Waals surface area contributed by atoms with Gasteiger partial charge < -0.3 is 4.74 Å². The SMILES string of the molecule is C#CCC(C)Oc1ccc(-n2c(C)nc(CCC)c(Cc3ccc(-c4ccccc4-c4noc(=O)[nH]4)cc3)c2=O)cc1. The Balaban J connectivity index is 1.46. The number of H-pyrrole nitrogens is 1. The number of aromatic nitrogens is 4. The molecule has 2 aromatic heterocycles. The Morgan fingerprint density at radius 1 is 1.02 bits per heavy atom. The zero-order valence-electron chi connectivity index (χ0n) is 23.9. The van der Waals surface area contributed by atoms with E-state index in [-0.39, 0.29) is 11.7 Å². The summed E-state index contributed by atoms with van der Waals surface area (Å²) in [4.78, 5) is 33.0. The summed E-state index contributed by atoms with van der Waals surface area (Å²) in [5.41, 5.74) is 5.75. The molecule has 212 valence electrons. The van der Waals surface area contributed by atoms with E-state index in [4.69, 9.17) is 20.7 Å². The number of nitrogens with one attached hydrogen (secondary N) is 1. The number of hydrogen-bond acceptors (Lipinski definition) is 6. The first-order chi connectivity index (χ1) is 20.4. The van der Waals surface area contributed by atoms with Crippen molar-refractivity contribution in [3.05, 3.63) is 116 Å². The van der Waals surface area contributed by atoms with Crippen LogP contribution in [0, 0.1) is 19.3 Å². The summed E-state index contributed by atoms with van der Waals surface area (Å²) in [6.07, 6.45) is 7.85. The summed E-state index contributed by atoms with van der Waals surface area (Å²) < 4.78 is 12.2. The largest absolute Gasteiger partial charge is 0.490 e. The topological polar surface area (TPSA) is 103 Å². The van der Waals surface area contributed by atoms with Gasteiger partial charge in [0.15, 0.2) is 5.82 Å². The van der Waals surface area contributed by atoms with Crippen molar-refractivity contribution in [2.24, 2.45) is 0 Å². The van der Waals surface area contributed by atoms with Crippen LogP contribution in [0.4, 0.5) is 0 Å². The highest BCUT2D eigenvalue weighted by atomic mass is 16.5. The van der Waals surface area contributed by atoms with E-state index < -0.39 is 5.76 Å². The maximum absolute atomic E-state index is 14.0. The number of nitrogens with zero attached hydrogens (tertiary/aromatic N) is 3. The summed E-state index contributed by atoms with van der Waals surface area (Å²) in [7, 11) is 0. The Bertz CT molecular complexity index is 1840. The molecular weight excluding hydrogens is 528 g/mol. The molecule has 1 unspecified atom stereocenters. The van der Waals surface area contributed by atoms with Crippen LogP contribution in [0.1, 0.15) is 49.3 Å². The fraction of sp³-hybridized carbons (Fsp3) is 0.235. The minimum atomic E-state index is -0.602. The summed E-state index contributed by atoms with van der Waals surface area (Å²) in [6.45, 7) is 5.87. The van der Waals surface area contributed by atoms with Crippen LogP contribution in [0.15, 0.2) is 86.9 Å². The molecule has 0 spiro atoms. The van der Waals surface area contributed by atoms with E-state index in [0.717, 1.165) is 40.1 Å². The number of aryl methyl sites for hydroxylation is 2. The van der Waals surface area contributed by atoms with Gasteiger partial charge in [0, 0.05) is 24.0 Å². The van der Waals surface area contributed by atoms with Gasteiger partial charge in [0.25, 0.3) is 5.56 Å². The molecule has 0 amide bonds. The number of benzene rings is 3. The number of ether oxygens (including phenoxy) is 1. The molecule has 8 heteroatoms. The Hall–Kier alpha value is -5.16. The van der Waals surface area contributed by atoms with Crippen molar-refractivity contribution >= 4 is 0 Å². The average Bonchev–Trinajstić information content (AvgIpc) is 3.42. The first-order valence-corrected chi connectivity index (χ1v) is 13.9. The Morgan fingerprint density at radius 2 is 1.74 bits per heavy atom. The second-order valence-electron chi connectivity index (χ2n) is 10.2. The van der Waals surface area contributed by atoms with Crippen LogP contribution in [0.5, 0.6) is 5.75 Å². The van der Waals surface area contributed by atoms with Crippen LogP contribution in [0.25, 0.3) is 28.2 Å². The van der Waals surface area contributed by atoms with Gasteiger partial charge in [0.05, 0.1) is 11.4 Å². The van der Waals surface area contributed by atoms with Crippen LogP contribution in [-0.2, 0) is 12.8 Å². The van der Waals surface area contributed by atoms with Crippen LogP contribution >= 0.6 is 0 Å². The fourth-order valence-electron chi connectivity index (χ4n) is 5.05. The van der Waals surface area contributed by atoms with Gasteiger partial charge in [-0.15, -0.1) is 12.3 Å². The Kier molecular flexibility index (Phi) is 8.49. The molecule has 1 N–H and O–H groups in total. The highest BCUT2D eigenvalue weighted by Crippen LogP contribution is 2.30. The van der Waals surface area contributed by atoms with Crippen molar-refractivity contribution < 1.29 is 9.26 Å². The lowest BCUT2D eigenvalue weighted by Crippen LogP contribution is -2.28. The fourth-order valence-corrected chi connectivity index (χ4v) is 5.05.